The van der Waals surface area contributed by atoms with Gasteiger partial charge in [0.1, 0.15) is 5.82 Å². The van der Waals surface area contributed by atoms with Crippen LogP contribution in [0.5, 0.6) is 0 Å². The molecule has 0 unspecified atom stereocenters. The number of allylic oxidation sites excluding steroid dienone is 1. The topological polar surface area (TPSA) is 53.1 Å². The highest BCUT2D eigenvalue weighted by Gasteiger charge is 2.13. The molecule has 1 aliphatic heterocycles. The van der Waals surface area contributed by atoms with Gasteiger partial charge >= 0.3 is 0 Å². The summed E-state index contributed by atoms with van der Waals surface area (Å²) in [5, 5.41) is 6.74. The van der Waals surface area contributed by atoms with Crippen molar-refractivity contribution < 1.29 is 0 Å². The summed E-state index contributed by atoms with van der Waals surface area (Å²) < 4.78 is 0. The smallest absolute Gasteiger partial charge is 0.229 e. The molecule has 2 N–H and O–H groups in total. The summed E-state index contributed by atoms with van der Waals surface area (Å²) in [5.74, 6) is 1.51. The second kappa shape index (κ2) is 7.01. The zero-order chi connectivity index (χ0) is 17.1. The van der Waals surface area contributed by atoms with Crippen molar-refractivity contribution in [3.8, 4) is 0 Å². The van der Waals surface area contributed by atoms with E-state index in [1.54, 1.807) is 0 Å². The number of aromatic nitrogens is 2. The molecule has 0 saturated heterocycles. The van der Waals surface area contributed by atoms with Gasteiger partial charge in [-0.2, -0.15) is 4.98 Å². The van der Waals surface area contributed by atoms with Crippen molar-refractivity contribution in [2.24, 2.45) is 0 Å². The highest BCUT2D eigenvalue weighted by Crippen LogP contribution is 2.26. The van der Waals surface area contributed by atoms with Crippen LogP contribution in [0.15, 0.2) is 31.0 Å². The van der Waals surface area contributed by atoms with Gasteiger partial charge < -0.3 is 15.5 Å². The molecule has 5 heteroatoms. The Balaban J connectivity index is 1.88. The standard InChI is InChI=1S/C19H25N5/c1-5-24(4)18-17(13(2)3)12-21-19(23-18)22-16-7-6-14-8-9-20-11-15(14)10-16/h6-7,10,12,20H,2,5,8-9,11H2,1,3-4H3,(H,21,22,23). The molecule has 5 nitrogen and oxygen atoms in total. The average Bonchev–Trinajstić information content (AvgIpc) is 2.60. The maximum atomic E-state index is 4.70. The van der Waals surface area contributed by atoms with E-state index in [1.165, 1.54) is 11.1 Å². The first-order valence-electron chi connectivity index (χ1n) is 8.42. The SMILES string of the molecule is C=C(C)c1cnc(Nc2ccc3c(c2)CNCC3)nc1N(C)CC. The number of benzene rings is 1. The molecular weight excluding hydrogens is 298 g/mol. The quantitative estimate of drug-likeness (QED) is 0.884. The Labute approximate surface area is 143 Å². The number of anilines is 3. The third kappa shape index (κ3) is 3.41. The molecule has 1 aromatic carbocycles. The van der Waals surface area contributed by atoms with Gasteiger partial charge in [-0.05, 0) is 55.6 Å². The van der Waals surface area contributed by atoms with Crippen LogP contribution in [0, 0.1) is 0 Å². The van der Waals surface area contributed by atoms with E-state index in [9.17, 15) is 0 Å². The number of hydrogen-bond acceptors (Lipinski definition) is 5. The second-order valence-electron chi connectivity index (χ2n) is 6.26. The van der Waals surface area contributed by atoms with Crippen LogP contribution in [0.4, 0.5) is 17.5 Å². The Hall–Kier alpha value is -2.40. The lowest BCUT2D eigenvalue weighted by atomic mass is 10.0. The first-order valence-corrected chi connectivity index (χ1v) is 8.42. The van der Waals surface area contributed by atoms with E-state index in [0.29, 0.717) is 5.95 Å². The lowest BCUT2D eigenvalue weighted by Gasteiger charge is -2.21. The predicted octanol–water partition coefficient (Wildman–Crippen LogP) is 3.36. The number of nitrogens with zero attached hydrogens (tertiary/aromatic N) is 3. The zero-order valence-corrected chi connectivity index (χ0v) is 14.7. The summed E-state index contributed by atoms with van der Waals surface area (Å²) in [6.07, 6.45) is 2.93. The van der Waals surface area contributed by atoms with Crippen molar-refractivity contribution in [2.75, 3.05) is 30.4 Å². The summed E-state index contributed by atoms with van der Waals surface area (Å²) in [4.78, 5) is 11.3. The van der Waals surface area contributed by atoms with Crippen molar-refractivity contribution in [1.29, 1.82) is 0 Å². The van der Waals surface area contributed by atoms with Gasteiger partial charge in [0.15, 0.2) is 0 Å². The zero-order valence-electron chi connectivity index (χ0n) is 14.7. The van der Waals surface area contributed by atoms with Gasteiger partial charge in [0.25, 0.3) is 0 Å². The van der Waals surface area contributed by atoms with Gasteiger partial charge in [-0.25, -0.2) is 4.98 Å². The molecule has 1 aliphatic rings. The van der Waals surface area contributed by atoms with Crippen LogP contribution in [0.1, 0.15) is 30.5 Å². The van der Waals surface area contributed by atoms with Crippen molar-refractivity contribution >= 4 is 23.0 Å². The summed E-state index contributed by atoms with van der Waals surface area (Å²) >= 11 is 0. The largest absolute Gasteiger partial charge is 0.359 e. The normalized spacial score (nSPS) is 13.3. The van der Waals surface area contributed by atoms with Gasteiger partial charge in [-0.1, -0.05) is 12.6 Å². The predicted molar refractivity (Wildman–Crippen MR) is 101 cm³/mol. The summed E-state index contributed by atoms with van der Waals surface area (Å²) in [5.41, 5.74) is 5.74. The summed E-state index contributed by atoms with van der Waals surface area (Å²) in [6.45, 7) is 11.0. The Morgan fingerprint density at radius 2 is 2.21 bits per heavy atom. The van der Waals surface area contributed by atoms with E-state index in [4.69, 9.17) is 4.98 Å². The van der Waals surface area contributed by atoms with Crippen LogP contribution in [-0.4, -0.2) is 30.1 Å². The molecular formula is C19H25N5. The number of hydrogen-bond donors (Lipinski definition) is 2. The fourth-order valence-electron chi connectivity index (χ4n) is 2.86. The first-order chi connectivity index (χ1) is 11.6. The van der Waals surface area contributed by atoms with Gasteiger partial charge in [0.05, 0.1) is 0 Å². The monoisotopic (exact) mass is 323 g/mol. The molecule has 0 saturated carbocycles. The molecule has 24 heavy (non-hydrogen) atoms. The summed E-state index contributed by atoms with van der Waals surface area (Å²) in [7, 11) is 2.03. The van der Waals surface area contributed by atoms with Crippen molar-refractivity contribution in [3.63, 3.8) is 0 Å². The van der Waals surface area contributed by atoms with Crippen LogP contribution in [0.3, 0.4) is 0 Å². The number of nitrogens with one attached hydrogen (secondary N) is 2. The van der Waals surface area contributed by atoms with Crippen LogP contribution in [0.2, 0.25) is 0 Å². The maximum Gasteiger partial charge on any atom is 0.229 e. The fourth-order valence-corrected chi connectivity index (χ4v) is 2.86. The Bertz CT molecular complexity index is 753. The van der Waals surface area contributed by atoms with Gasteiger partial charge in [0, 0.05) is 37.6 Å². The van der Waals surface area contributed by atoms with Crippen LogP contribution in [-0.2, 0) is 13.0 Å². The Morgan fingerprint density at radius 3 is 2.96 bits per heavy atom. The molecule has 1 aromatic heterocycles. The highest BCUT2D eigenvalue weighted by atomic mass is 15.2. The van der Waals surface area contributed by atoms with Gasteiger partial charge in [-0.3, -0.25) is 0 Å². The molecule has 0 bridgehead atoms. The third-order valence-corrected chi connectivity index (χ3v) is 4.41. The Kier molecular flexibility index (Phi) is 4.81. The van der Waals surface area contributed by atoms with E-state index in [1.807, 2.05) is 20.2 Å². The molecule has 0 radical (unpaired) electrons. The number of fused-ring (bicyclic) bond motifs is 1. The Morgan fingerprint density at radius 1 is 1.38 bits per heavy atom. The molecule has 2 heterocycles. The van der Waals surface area contributed by atoms with E-state index >= 15 is 0 Å². The van der Waals surface area contributed by atoms with Crippen molar-refractivity contribution in [2.45, 2.75) is 26.8 Å². The third-order valence-electron chi connectivity index (χ3n) is 4.41. The van der Waals surface area contributed by atoms with E-state index in [-0.39, 0.29) is 0 Å². The van der Waals surface area contributed by atoms with E-state index < -0.39 is 0 Å². The fraction of sp³-hybridized carbons (Fsp3) is 0.368. The van der Waals surface area contributed by atoms with Gasteiger partial charge in [-0.15, -0.1) is 0 Å². The second-order valence-corrected chi connectivity index (χ2v) is 6.26. The molecule has 126 valence electrons. The maximum absolute atomic E-state index is 4.70. The van der Waals surface area contributed by atoms with Crippen LogP contribution < -0.4 is 15.5 Å². The highest BCUT2D eigenvalue weighted by molar-refractivity contribution is 5.72. The molecule has 0 spiro atoms. The van der Waals surface area contributed by atoms with Gasteiger partial charge in [0.2, 0.25) is 5.95 Å². The lowest BCUT2D eigenvalue weighted by Crippen LogP contribution is -2.23. The average molecular weight is 323 g/mol. The lowest BCUT2D eigenvalue weighted by molar-refractivity contribution is 0.644. The van der Waals surface area contributed by atoms with Crippen LogP contribution >= 0.6 is 0 Å². The van der Waals surface area contributed by atoms with Crippen LogP contribution in [0.25, 0.3) is 5.57 Å². The minimum absolute atomic E-state index is 0.610. The molecule has 2 aromatic rings. The number of rotatable bonds is 5. The van der Waals surface area contributed by atoms with Crippen molar-refractivity contribution in [3.05, 3.63) is 47.7 Å². The van der Waals surface area contributed by atoms with E-state index in [2.05, 4.69) is 52.2 Å². The molecule has 0 aliphatic carbocycles. The minimum Gasteiger partial charge on any atom is -0.359 e. The molecule has 0 amide bonds. The molecule has 3 rings (SSSR count). The van der Waals surface area contributed by atoms with E-state index in [0.717, 1.165) is 48.7 Å². The molecule has 0 atom stereocenters. The first kappa shape index (κ1) is 16.5. The summed E-state index contributed by atoms with van der Waals surface area (Å²) in [6, 6.07) is 6.48. The molecule has 0 fully saturated rings. The van der Waals surface area contributed by atoms with Crippen molar-refractivity contribution in [1.82, 2.24) is 15.3 Å². The minimum atomic E-state index is 0.610.